The van der Waals surface area contributed by atoms with Crippen LogP contribution in [0.2, 0.25) is 0 Å². The minimum absolute atomic E-state index is 0. The molecule has 2 aliphatic heterocycles. The minimum atomic E-state index is -4.29. The molecule has 4 aliphatic rings. The molecular weight excluding hydrogens is 535 g/mol. The van der Waals surface area contributed by atoms with Gasteiger partial charge in [-0.3, -0.25) is 5.04 Å². The van der Waals surface area contributed by atoms with Crippen LogP contribution >= 0.6 is 12.0 Å². The van der Waals surface area contributed by atoms with Gasteiger partial charge in [0.05, 0.1) is 21.4 Å². The van der Waals surface area contributed by atoms with Crippen LogP contribution in [0.1, 0.15) is 52.4 Å². The molecule has 3 fully saturated rings. The van der Waals surface area contributed by atoms with Gasteiger partial charge in [-0.15, -0.1) is 0 Å². The summed E-state index contributed by atoms with van der Waals surface area (Å²) < 4.78 is 53.6. The van der Waals surface area contributed by atoms with Crippen LogP contribution < -0.4 is 56.6 Å². The Balaban J connectivity index is 0.00000361. The van der Waals surface area contributed by atoms with Gasteiger partial charge in [-0.2, -0.15) is 8.91 Å². The van der Waals surface area contributed by atoms with Crippen molar-refractivity contribution in [1.82, 2.24) is 4.90 Å². The van der Waals surface area contributed by atoms with E-state index in [0.29, 0.717) is 31.7 Å². The number of rotatable bonds is 9. The average molecular weight is 569 g/mol. The molecule has 0 spiro atoms. The van der Waals surface area contributed by atoms with E-state index in [1.807, 2.05) is 42.2 Å². The first-order valence-electron chi connectivity index (χ1n) is 12.2. The summed E-state index contributed by atoms with van der Waals surface area (Å²) in [6, 6.07) is 0.150. The Bertz CT molecular complexity index is 987. The maximum atomic E-state index is 11.5. The third-order valence-corrected chi connectivity index (χ3v) is 9.40. The Morgan fingerprint density at radius 3 is 2.58 bits per heavy atom. The number of hydrogen-bond acceptors (Lipinski definition) is 10. The Morgan fingerprint density at radius 1 is 1.11 bits per heavy atom. The van der Waals surface area contributed by atoms with E-state index < -0.39 is 15.4 Å². The van der Waals surface area contributed by atoms with Gasteiger partial charge in [-0.1, -0.05) is 18.2 Å². The largest absolute Gasteiger partial charge is 1.00 e. The molecule has 4 rings (SSSR count). The normalized spacial score (nSPS) is 33.6. The van der Waals surface area contributed by atoms with Crippen LogP contribution in [0.25, 0.3) is 0 Å². The summed E-state index contributed by atoms with van der Waals surface area (Å²) in [5.74, 6) is 1.53. The van der Waals surface area contributed by atoms with Gasteiger partial charge in [0.1, 0.15) is 12.6 Å². The molecule has 0 N–H and O–H groups in total. The molecule has 1 saturated heterocycles. The molecule has 0 amide bonds. The Morgan fingerprint density at radius 2 is 1.89 bits per heavy atom. The Kier molecular flexibility index (Phi) is 11.8. The molecule has 2 heterocycles. The van der Waals surface area contributed by atoms with Crippen LogP contribution in [0.3, 0.4) is 0 Å². The van der Waals surface area contributed by atoms with Crippen LogP contribution in [0.5, 0.6) is 0 Å². The Labute approximate surface area is 260 Å². The van der Waals surface area contributed by atoms with Crippen LogP contribution in [-0.4, -0.2) is 76.2 Å². The SMILES string of the molecule is CCN1C(=CC=CC=CC2=[N+](CC)C3CC(SOO[O-])CCC3O2)OC2CCC(S(=O)(=O)[O-])CC21.[K+]. The van der Waals surface area contributed by atoms with Gasteiger partial charge in [0, 0.05) is 36.3 Å². The fourth-order valence-electron chi connectivity index (χ4n) is 5.68. The molecule has 0 aromatic rings. The van der Waals surface area contributed by atoms with Gasteiger partial charge < -0.3 is 24.2 Å². The van der Waals surface area contributed by atoms with E-state index in [0.717, 1.165) is 43.7 Å². The van der Waals surface area contributed by atoms with Crippen LogP contribution in [0.4, 0.5) is 0 Å². The van der Waals surface area contributed by atoms with Gasteiger partial charge in [0.2, 0.25) is 0 Å². The second-order valence-electron chi connectivity index (χ2n) is 9.20. The third kappa shape index (κ3) is 7.17. The number of ether oxygens (including phenoxy) is 2. The molecule has 196 valence electrons. The number of likely N-dealkylation sites (N-methyl/N-ethyl adjacent to an activating group) is 2. The first-order chi connectivity index (χ1) is 16.9. The fraction of sp³-hybridized carbons (Fsp3) is 0.696. The van der Waals surface area contributed by atoms with Crippen molar-refractivity contribution in [3.8, 4) is 0 Å². The molecule has 0 bridgehead atoms. The average Bonchev–Trinajstić information content (AvgIpc) is 3.37. The zero-order chi connectivity index (χ0) is 25.0. The number of nitrogens with zero attached hydrogens (tertiary/aromatic N) is 2. The molecule has 13 heteroatoms. The van der Waals surface area contributed by atoms with Crippen LogP contribution in [0.15, 0.2) is 36.3 Å². The van der Waals surface area contributed by atoms with Gasteiger partial charge in [-0.05, 0) is 52.0 Å². The molecule has 2 saturated carbocycles. The molecule has 2 aliphatic carbocycles. The zero-order valence-electron chi connectivity index (χ0n) is 21.0. The van der Waals surface area contributed by atoms with Crippen molar-refractivity contribution in [3.63, 3.8) is 0 Å². The van der Waals surface area contributed by atoms with Crippen molar-refractivity contribution in [2.75, 3.05) is 13.1 Å². The van der Waals surface area contributed by atoms with Gasteiger partial charge >= 0.3 is 57.3 Å². The maximum absolute atomic E-state index is 11.5. The Hall–Kier alpha value is 0.0664. The smallest absolute Gasteiger partial charge is 0.748 e. The summed E-state index contributed by atoms with van der Waals surface area (Å²) in [7, 11) is -4.29. The second kappa shape index (κ2) is 13.9. The predicted octanol–water partition coefficient (Wildman–Crippen LogP) is -1.25. The minimum Gasteiger partial charge on any atom is -0.748 e. The molecule has 10 nitrogen and oxygen atoms in total. The van der Waals surface area contributed by atoms with Gasteiger partial charge in [-0.25, -0.2) is 8.42 Å². The summed E-state index contributed by atoms with van der Waals surface area (Å²) in [5, 5.41) is 13.0. The van der Waals surface area contributed by atoms with Crippen LogP contribution in [0, 0.1) is 0 Å². The van der Waals surface area contributed by atoms with Gasteiger partial charge in [0.15, 0.2) is 18.0 Å². The number of hydrogen-bond donors (Lipinski definition) is 0. The molecule has 0 radical (unpaired) electrons. The van der Waals surface area contributed by atoms with E-state index in [1.165, 1.54) is 0 Å². The van der Waals surface area contributed by atoms with Crippen molar-refractivity contribution in [1.29, 1.82) is 0 Å². The second-order valence-corrected chi connectivity index (χ2v) is 11.8. The van der Waals surface area contributed by atoms with Crippen LogP contribution in [-0.2, 0) is 29.0 Å². The molecule has 36 heavy (non-hydrogen) atoms. The topological polar surface area (TPSA) is 123 Å². The molecule has 0 aromatic carbocycles. The number of allylic oxidation sites excluding steroid dienone is 4. The summed E-state index contributed by atoms with van der Waals surface area (Å²) in [5.41, 5.74) is 0. The van der Waals surface area contributed by atoms with Crippen molar-refractivity contribution < 1.29 is 93.0 Å². The predicted molar refractivity (Wildman–Crippen MR) is 127 cm³/mol. The number of fused-ring (bicyclic) bond motifs is 2. The molecule has 6 atom stereocenters. The first kappa shape index (κ1) is 30.6. The maximum Gasteiger partial charge on any atom is 1.00 e. The first-order valence-corrected chi connectivity index (χ1v) is 14.5. The quantitative estimate of drug-likeness (QED) is 0.0634. The summed E-state index contributed by atoms with van der Waals surface area (Å²) in [6.07, 6.45) is 13.5. The molecule has 6 unspecified atom stereocenters. The van der Waals surface area contributed by atoms with E-state index in [4.69, 9.17) is 9.47 Å². The summed E-state index contributed by atoms with van der Waals surface area (Å²) in [4.78, 5) is 2.05. The summed E-state index contributed by atoms with van der Waals surface area (Å²) >= 11 is 1.08. The van der Waals surface area contributed by atoms with Crippen molar-refractivity contribution in [2.24, 2.45) is 0 Å². The summed E-state index contributed by atoms with van der Waals surface area (Å²) in [6.45, 7) is 5.57. The van der Waals surface area contributed by atoms with E-state index in [1.54, 1.807) is 0 Å². The van der Waals surface area contributed by atoms with E-state index >= 15 is 0 Å². The van der Waals surface area contributed by atoms with Crippen molar-refractivity contribution in [3.05, 3.63) is 36.3 Å². The third-order valence-electron chi connectivity index (χ3n) is 7.32. The van der Waals surface area contributed by atoms with Crippen molar-refractivity contribution in [2.45, 2.75) is 87.2 Å². The monoisotopic (exact) mass is 568 g/mol. The van der Waals surface area contributed by atoms with E-state index in [9.17, 15) is 18.2 Å². The van der Waals surface area contributed by atoms with E-state index in [2.05, 4.69) is 20.9 Å². The van der Waals surface area contributed by atoms with Gasteiger partial charge in [0.25, 0.3) is 0 Å². The standard InChI is InChI=1S/C23H34N2O8S2.K/c1-3-24-18-14-16(34-33-32-26)10-12-20(18)30-22(24)8-6-5-7-9-23-25(4-2)19-15-17(35(27,28)29)11-13-21(19)31-23;/h5-9,16-21H,3-4,10-15H2,1-2H3,(H-,26,27,28,29);/q;+1/p-1. The van der Waals surface area contributed by atoms with Crippen molar-refractivity contribution >= 4 is 28.1 Å². The zero-order valence-corrected chi connectivity index (χ0v) is 25.7. The molecule has 0 aromatic heterocycles. The molecular formula is C23H33KN2O8S2. The fourth-order valence-corrected chi connectivity index (χ4v) is 7.19. The van der Waals surface area contributed by atoms with E-state index in [-0.39, 0.29) is 80.9 Å².